The Hall–Kier alpha value is -4.49. The summed E-state index contributed by atoms with van der Waals surface area (Å²) in [6.07, 6.45) is 8.55. The van der Waals surface area contributed by atoms with Gasteiger partial charge in [0, 0.05) is 75.9 Å². The number of likely N-dealkylation sites (N-methyl/N-ethyl adjacent to an activating group) is 2. The number of ether oxygens (including phenoxy) is 3. The fourth-order valence-corrected chi connectivity index (χ4v) is 16.9. The monoisotopic (exact) mass is 1240 g/mol. The van der Waals surface area contributed by atoms with Crippen LogP contribution >= 0.6 is 23.5 Å². The van der Waals surface area contributed by atoms with E-state index in [4.69, 9.17) is 14.2 Å². The van der Waals surface area contributed by atoms with Crippen LogP contribution in [0.5, 0.6) is 5.75 Å². The average molecular weight is 1240 g/mol. The van der Waals surface area contributed by atoms with Gasteiger partial charge in [-0.25, -0.2) is 17.9 Å². The van der Waals surface area contributed by atoms with Crippen LogP contribution in [-0.4, -0.2) is 192 Å². The quantitative estimate of drug-likeness (QED) is 0.0892. The summed E-state index contributed by atoms with van der Waals surface area (Å²) in [6, 6.07) is 2.91. The van der Waals surface area contributed by atoms with Crippen molar-refractivity contribution >= 4 is 69.2 Å². The second kappa shape index (κ2) is 31.1. The molecule has 3 aliphatic heterocycles. The van der Waals surface area contributed by atoms with Crippen molar-refractivity contribution in [3.05, 3.63) is 41.2 Å². The first-order chi connectivity index (χ1) is 40.4. The fourth-order valence-electron chi connectivity index (χ4n) is 13.0. The Bertz CT molecular complexity index is 2680. The molecule has 2 bridgehead atoms. The minimum Gasteiger partial charge on any atom is -0.410 e. The molecule has 11 atom stereocenters. The summed E-state index contributed by atoms with van der Waals surface area (Å²) in [5.41, 5.74) is 2.93. The highest BCUT2D eigenvalue weighted by Crippen LogP contribution is 2.38. The summed E-state index contributed by atoms with van der Waals surface area (Å²) < 4.78 is 48.5. The van der Waals surface area contributed by atoms with Crippen molar-refractivity contribution in [1.29, 1.82) is 0 Å². The second-order valence-electron chi connectivity index (χ2n) is 25.4. The van der Waals surface area contributed by atoms with Crippen LogP contribution in [-0.2, 0) is 67.9 Å². The fraction of sp³-hybridized carbons (Fsp3) is 0.770. The summed E-state index contributed by atoms with van der Waals surface area (Å²) in [7, 11) is 4.38. The van der Waals surface area contributed by atoms with Crippen molar-refractivity contribution in [2.75, 3.05) is 55.0 Å². The normalized spacial score (nSPS) is 22.6. The number of rotatable bonds is 26. The van der Waals surface area contributed by atoms with Gasteiger partial charge < -0.3 is 39.5 Å². The predicted molar refractivity (Wildman–Crippen MR) is 331 cm³/mol. The lowest BCUT2D eigenvalue weighted by atomic mass is 9.89. The third-order valence-electron chi connectivity index (χ3n) is 18.3. The third kappa shape index (κ3) is 17.9. The molecule has 0 spiro atoms. The molecule has 6 amide bonds. The number of likely N-dealkylation sites (tertiary alicyclic amines) is 2. The number of amides is 6. The van der Waals surface area contributed by atoms with Crippen LogP contribution in [0.15, 0.2) is 24.3 Å². The van der Waals surface area contributed by atoms with Gasteiger partial charge in [0.2, 0.25) is 33.7 Å². The summed E-state index contributed by atoms with van der Waals surface area (Å²) in [4.78, 5) is 91.4. The molecule has 1 aromatic heterocycles. The van der Waals surface area contributed by atoms with Gasteiger partial charge in [0.15, 0.2) is 0 Å². The number of hydrogen-bond acceptors (Lipinski definition) is 16. The maximum atomic E-state index is 14.6. The van der Waals surface area contributed by atoms with Gasteiger partial charge in [-0.05, 0) is 120 Å². The van der Waals surface area contributed by atoms with E-state index in [9.17, 15) is 37.2 Å². The van der Waals surface area contributed by atoms with Crippen LogP contribution in [0.1, 0.15) is 149 Å². The number of nitrogens with zero attached hydrogens (tertiary/aromatic N) is 7. The Labute approximate surface area is 514 Å². The number of benzene rings is 1. The van der Waals surface area contributed by atoms with E-state index in [2.05, 4.69) is 42.1 Å². The van der Waals surface area contributed by atoms with Gasteiger partial charge in [-0.3, -0.25) is 33.6 Å². The number of hydrogen-bond donors (Lipinski definition) is 3. The average Bonchev–Trinajstić information content (AvgIpc) is 2.99. The van der Waals surface area contributed by atoms with Crippen LogP contribution in [0, 0.1) is 29.6 Å². The molecule has 85 heavy (non-hydrogen) atoms. The minimum atomic E-state index is -3.99. The van der Waals surface area contributed by atoms with Gasteiger partial charge in [0.1, 0.15) is 17.8 Å². The first-order valence-corrected chi connectivity index (χ1v) is 34.7. The molecule has 4 fully saturated rings. The SMILES string of the molecule is CC[C@H](C)[C@@H]([C@@H](CC(=O)N1CCC[C@H]1[C@H](OC)[C@@H](C)C(=O)N[C@@H](Cc1ccc(OC(=O)N2CCC(Cn3nnc4c3CSC3CCCC(CC3)SC4)CC2)cc1)C(=O)NS(=O)(=O)C1CC1)OC)N(C)C(=O)[C@@H](NC(=O)[C@H](C(C)C)N(C)C)C(C)C. The van der Waals surface area contributed by atoms with E-state index < -0.39 is 81.5 Å². The van der Waals surface area contributed by atoms with Crippen LogP contribution in [0.3, 0.4) is 0 Å². The maximum absolute atomic E-state index is 14.6. The topological polar surface area (TPSA) is 244 Å². The Morgan fingerprint density at radius 2 is 1.42 bits per heavy atom. The Morgan fingerprint density at radius 1 is 0.765 bits per heavy atom. The smallest absolute Gasteiger partial charge is 0.410 e. The minimum absolute atomic E-state index is 0.000653. The molecule has 1 aromatic carbocycles. The van der Waals surface area contributed by atoms with Gasteiger partial charge in [-0.15, -0.1) is 5.10 Å². The number of carbonyl (C=O) groups is 6. The van der Waals surface area contributed by atoms with Crippen molar-refractivity contribution < 1.29 is 51.4 Å². The van der Waals surface area contributed by atoms with Crippen molar-refractivity contribution in [1.82, 2.24) is 49.9 Å². The molecule has 7 rings (SSSR count). The second-order valence-corrected chi connectivity index (χ2v) is 30.0. The number of methoxy groups -OCH3 is 2. The molecule has 2 saturated carbocycles. The van der Waals surface area contributed by atoms with E-state index in [-0.39, 0.29) is 48.3 Å². The molecule has 21 nitrogen and oxygen atoms in total. The molecule has 0 radical (unpaired) electrons. The molecule has 3 N–H and O–H groups in total. The first kappa shape index (κ1) is 68.0. The lowest BCUT2D eigenvalue weighted by molar-refractivity contribution is -0.148. The molecule has 5 aliphatic rings. The molecule has 2 aromatic rings. The van der Waals surface area contributed by atoms with Crippen LogP contribution in [0.4, 0.5) is 4.79 Å². The highest BCUT2D eigenvalue weighted by atomic mass is 32.2. The number of carbonyl (C=O) groups excluding carboxylic acids is 6. The third-order valence-corrected chi connectivity index (χ3v) is 22.9. The van der Waals surface area contributed by atoms with Crippen molar-refractivity contribution in [3.8, 4) is 5.75 Å². The van der Waals surface area contributed by atoms with Crippen LogP contribution in [0.2, 0.25) is 0 Å². The van der Waals surface area contributed by atoms with E-state index >= 15 is 0 Å². The molecule has 2 unspecified atom stereocenters. The van der Waals surface area contributed by atoms with Crippen LogP contribution in [0.25, 0.3) is 0 Å². The van der Waals surface area contributed by atoms with E-state index in [1.807, 2.05) is 72.3 Å². The molecule has 4 heterocycles. The van der Waals surface area contributed by atoms with Crippen LogP contribution < -0.4 is 20.1 Å². The van der Waals surface area contributed by atoms with E-state index in [1.165, 1.54) is 52.0 Å². The van der Waals surface area contributed by atoms with Gasteiger partial charge in [-0.1, -0.05) is 78.7 Å². The maximum Gasteiger partial charge on any atom is 0.415 e. The van der Waals surface area contributed by atoms with Gasteiger partial charge in [0.25, 0.3) is 5.91 Å². The number of thioether (sulfide) groups is 2. The summed E-state index contributed by atoms with van der Waals surface area (Å²) in [5.74, 6) is -1.02. The van der Waals surface area contributed by atoms with Gasteiger partial charge >= 0.3 is 6.09 Å². The lowest BCUT2D eigenvalue weighted by Crippen LogP contribution is -2.59. The Kier molecular flexibility index (Phi) is 24.9. The number of nitrogens with one attached hydrogen (secondary N) is 3. The van der Waals surface area contributed by atoms with Crippen molar-refractivity contribution in [3.63, 3.8) is 0 Å². The number of sulfonamides is 1. The number of piperidine rings is 1. The molecule has 2 aliphatic carbocycles. The predicted octanol–water partition coefficient (Wildman–Crippen LogP) is 6.65. The first-order valence-electron chi connectivity index (χ1n) is 31.1. The highest BCUT2D eigenvalue weighted by molar-refractivity contribution is 7.99. The lowest BCUT2D eigenvalue weighted by Gasteiger charge is -2.41. The molecular weight excluding hydrogens is 1140 g/mol. The zero-order valence-electron chi connectivity index (χ0n) is 52.5. The summed E-state index contributed by atoms with van der Waals surface area (Å²) in [6.45, 7) is 15.6. The Balaban J connectivity index is 0.962. The van der Waals surface area contributed by atoms with Gasteiger partial charge in [0.05, 0.1) is 59.3 Å². The molecule has 476 valence electrons. The largest absolute Gasteiger partial charge is 0.415 e. The number of aromatic nitrogens is 3. The standard InChI is InChI=1S/C61H98N10O11S3/c1-13-39(6)55(68(10)60(76)53(37(2)3)63-59(75)54(38(4)5)67(8)9)51(80-11)33-52(72)70-29-15-18-49(70)56(81-12)40(7)57(73)62-47(58(74)65-85(78,79)46-25-26-46)32-41-19-21-43(22-20-41)82-61(77)69-30-27-42(28-31-69)34-71-50-36-84-45-17-14-16-44(23-24-45)83-35-48(50)64-66-71/h19-22,37-40,42,44-47,49,51,53-56H,13-18,23-36H2,1-12H3,(H,62,73)(H,63,75)(H,65,74)/t39-,40+,44?,45?,47-,49-,51+,53-,54-,55-,56+/m0/s1. The Morgan fingerprint density at radius 3 is 2.01 bits per heavy atom. The summed E-state index contributed by atoms with van der Waals surface area (Å²) >= 11 is 4.10. The zero-order valence-corrected chi connectivity index (χ0v) is 54.9. The number of fused-ring (bicyclic) bond motifs is 4. The van der Waals surface area contributed by atoms with E-state index in [1.54, 1.807) is 52.9 Å². The van der Waals surface area contributed by atoms with Crippen molar-refractivity contribution in [2.24, 2.45) is 29.6 Å². The van der Waals surface area contributed by atoms with Crippen molar-refractivity contribution in [2.45, 2.75) is 215 Å². The molecule has 24 heteroatoms. The molecule has 2 saturated heterocycles. The van der Waals surface area contributed by atoms with E-state index in [0.717, 1.165) is 36.6 Å². The zero-order chi connectivity index (χ0) is 61.9. The molecular formula is C61H98N10O11S3. The van der Waals surface area contributed by atoms with E-state index in [0.29, 0.717) is 79.5 Å². The van der Waals surface area contributed by atoms with Gasteiger partial charge in [-0.2, -0.15) is 23.5 Å². The summed E-state index contributed by atoms with van der Waals surface area (Å²) in [5, 5.41) is 15.8. The highest BCUT2D eigenvalue weighted by Gasteiger charge is 2.45.